The van der Waals surface area contributed by atoms with Crippen LogP contribution in [0.2, 0.25) is 0 Å². The molecule has 1 atom stereocenters. The summed E-state index contributed by atoms with van der Waals surface area (Å²) in [7, 11) is 0. The fourth-order valence-electron chi connectivity index (χ4n) is 3.85. The lowest BCUT2D eigenvalue weighted by Crippen LogP contribution is -2.45. The second kappa shape index (κ2) is 9.57. The van der Waals surface area contributed by atoms with E-state index in [1.165, 1.54) is 0 Å². The van der Waals surface area contributed by atoms with Gasteiger partial charge in [-0.05, 0) is 57.4 Å². The lowest BCUT2D eigenvalue weighted by atomic mass is 9.96. The van der Waals surface area contributed by atoms with Gasteiger partial charge in [-0.1, -0.05) is 29.3 Å². The average Bonchev–Trinajstić information content (AvgIpc) is 3.02. The minimum atomic E-state index is -0.133. The van der Waals surface area contributed by atoms with E-state index in [1.807, 2.05) is 47.7 Å². The highest BCUT2D eigenvalue weighted by Crippen LogP contribution is 2.24. The van der Waals surface area contributed by atoms with Crippen molar-refractivity contribution in [2.45, 2.75) is 46.5 Å². The van der Waals surface area contributed by atoms with Crippen LogP contribution in [-0.2, 0) is 4.79 Å². The van der Waals surface area contributed by atoms with Crippen LogP contribution in [0.15, 0.2) is 28.7 Å². The van der Waals surface area contributed by atoms with Crippen molar-refractivity contribution in [3.05, 3.63) is 45.7 Å². The van der Waals surface area contributed by atoms with Gasteiger partial charge in [-0.3, -0.25) is 9.59 Å². The lowest BCUT2D eigenvalue weighted by Gasteiger charge is -2.32. The van der Waals surface area contributed by atoms with E-state index in [2.05, 4.69) is 33.3 Å². The van der Waals surface area contributed by atoms with Crippen LogP contribution in [0.4, 0.5) is 0 Å². The third-order valence-corrected chi connectivity index (χ3v) is 6.01. The zero-order valence-electron chi connectivity index (χ0n) is 17.4. The third kappa shape index (κ3) is 4.89. The first-order valence-electron chi connectivity index (χ1n) is 10.3. The van der Waals surface area contributed by atoms with Crippen molar-refractivity contribution >= 4 is 27.7 Å². The zero-order chi connectivity index (χ0) is 21.0. The van der Waals surface area contributed by atoms with E-state index in [0.29, 0.717) is 30.9 Å². The molecule has 2 heterocycles. The van der Waals surface area contributed by atoms with Gasteiger partial charge >= 0.3 is 0 Å². The number of aryl methyl sites for hydroxylation is 1. The van der Waals surface area contributed by atoms with Crippen molar-refractivity contribution in [1.29, 1.82) is 0 Å². The molecule has 1 aliphatic rings. The number of amides is 2. The smallest absolute Gasteiger partial charge is 0.257 e. The molecule has 0 aliphatic carbocycles. The first-order valence-corrected chi connectivity index (χ1v) is 11.1. The molecular weight excluding hydrogens is 432 g/mol. The second-order valence-corrected chi connectivity index (χ2v) is 8.58. The van der Waals surface area contributed by atoms with E-state index in [4.69, 9.17) is 0 Å². The summed E-state index contributed by atoms with van der Waals surface area (Å²) in [6.45, 7) is 7.76. The van der Waals surface area contributed by atoms with Gasteiger partial charge < -0.3 is 10.2 Å². The fraction of sp³-hybridized carbons (Fsp3) is 0.500. The first-order chi connectivity index (χ1) is 13.9. The first kappa shape index (κ1) is 21.6. The van der Waals surface area contributed by atoms with E-state index < -0.39 is 0 Å². The van der Waals surface area contributed by atoms with Gasteiger partial charge in [0, 0.05) is 24.1 Å². The number of benzene rings is 1. The topological polar surface area (TPSA) is 67.2 Å². The Hall–Kier alpha value is -2.15. The quantitative estimate of drug-likeness (QED) is 0.661. The molecule has 156 valence electrons. The zero-order valence-corrected chi connectivity index (χ0v) is 19.0. The van der Waals surface area contributed by atoms with Gasteiger partial charge in [-0.2, -0.15) is 5.10 Å². The fourth-order valence-corrected chi connectivity index (χ4v) is 4.12. The molecule has 1 fully saturated rings. The van der Waals surface area contributed by atoms with Gasteiger partial charge in [-0.25, -0.2) is 4.68 Å². The molecule has 29 heavy (non-hydrogen) atoms. The minimum absolute atomic E-state index is 0.0329. The number of piperidine rings is 1. The van der Waals surface area contributed by atoms with Crippen molar-refractivity contribution < 1.29 is 9.59 Å². The Bertz CT molecular complexity index is 876. The number of nitrogens with one attached hydrogen (secondary N) is 1. The molecule has 0 saturated carbocycles. The number of carbonyl (C=O) groups excluding carboxylic acids is 2. The van der Waals surface area contributed by atoms with Crippen molar-refractivity contribution in [2.24, 2.45) is 5.92 Å². The average molecular weight is 461 g/mol. The summed E-state index contributed by atoms with van der Waals surface area (Å²) in [5.74, 6) is -0.101. The molecule has 1 N–H and O–H groups in total. The molecule has 0 bridgehead atoms. The largest absolute Gasteiger partial charge is 0.356 e. The Kier molecular flexibility index (Phi) is 7.11. The summed E-state index contributed by atoms with van der Waals surface area (Å²) in [5.41, 5.74) is 3.09. The van der Waals surface area contributed by atoms with E-state index >= 15 is 0 Å². The molecule has 2 aromatic rings. The lowest BCUT2D eigenvalue weighted by molar-refractivity contribution is -0.126. The molecule has 6 nitrogen and oxygen atoms in total. The number of aromatic nitrogens is 2. The Morgan fingerprint density at radius 2 is 1.97 bits per heavy atom. The van der Waals surface area contributed by atoms with Crippen molar-refractivity contribution in [2.75, 3.05) is 19.6 Å². The van der Waals surface area contributed by atoms with Gasteiger partial charge in [0.25, 0.3) is 5.91 Å². The number of hydrogen-bond acceptors (Lipinski definition) is 3. The van der Waals surface area contributed by atoms with Crippen molar-refractivity contribution in [3.63, 3.8) is 0 Å². The number of halogens is 1. The van der Waals surface area contributed by atoms with Crippen LogP contribution in [0.3, 0.4) is 0 Å². The summed E-state index contributed by atoms with van der Waals surface area (Å²) in [5, 5.41) is 7.61. The highest BCUT2D eigenvalue weighted by atomic mass is 79.9. The van der Waals surface area contributed by atoms with E-state index in [-0.39, 0.29) is 17.7 Å². The maximum Gasteiger partial charge on any atom is 0.257 e. The summed E-state index contributed by atoms with van der Waals surface area (Å²) < 4.78 is 2.81. The molecule has 1 saturated heterocycles. The van der Waals surface area contributed by atoms with E-state index in [1.54, 1.807) is 0 Å². The summed E-state index contributed by atoms with van der Waals surface area (Å²) in [6, 6.07) is 7.85. The van der Waals surface area contributed by atoms with Gasteiger partial charge in [0.05, 0.1) is 28.6 Å². The molecule has 7 heteroatoms. The van der Waals surface area contributed by atoms with E-state index in [0.717, 1.165) is 41.5 Å². The summed E-state index contributed by atoms with van der Waals surface area (Å²) >= 11 is 3.45. The Balaban J connectivity index is 1.76. The van der Waals surface area contributed by atoms with Gasteiger partial charge in [0.15, 0.2) is 0 Å². The van der Waals surface area contributed by atoms with Gasteiger partial charge in [0.1, 0.15) is 0 Å². The van der Waals surface area contributed by atoms with Gasteiger partial charge in [-0.15, -0.1) is 0 Å². The number of carbonyl (C=O) groups is 2. The minimum Gasteiger partial charge on any atom is -0.356 e. The highest BCUT2D eigenvalue weighted by molar-refractivity contribution is 9.10. The second-order valence-electron chi connectivity index (χ2n) is 7.67. The van der Waals surface area contributed by atoms with E-state index in [9.17, 15) is 9.59 Å². The van der Waals surface area contributed by atoms with Crippen LogP contribution in [-0.4, -0.2) is 46.1 Å². The molecule has 1 aromatic carbocycles. The van der Waals surface area contributed by atoms with Crippen LogP contribution >= 0.6 is 15.9 Å². The van der Waals surface area contributed by atoms with Crippen LogP contribution < -0.4 is 5.32 Å². The van der Waals surface area contributed by atoms with Gasteiger partial charge in [0.2, 0.25) is 5.91 Å². The summed E-state index contributed by atoms with van der Waals surface area (Å²) in [6.07, 6.45) is 3.71. The predicted molar refractivity (Wildman–Crippen MR) is 117 cm³/mol. The number of hydrogen-bond donors (Lipinski definition) is 1. The predicted octanol–water partition coefficient (Wildman–Crippen LogP) is 4.02. The van der Waals surface area contributed by atoms with Crippen LogP contribution in [0.5, 0.6) is 0 Å². The number of likely N-dealkylation sites (tertiary alicyclic amines) is 1. The Morgan fingerprint density at radius 3 is 2.66 bits per heavy atom. The number of unbranched alkanes of at least 4 members (excludes halogenated alkanes) is 1. The number of nitrogens with zero attached hydrogens (tertiary/aromatic N) is 3. The highest BCUT2D eigenvalue weighted by Gasteiger charge is 2.31. The Labute approximate surface area is 180 Å². The molecule has 1 aliphatic heterocycles. The normalized spacial score (nSPS) is 16.7. The molecule has 1 unspecified atom stereocenters. The standard InChI is InChI=1S/C22H29BrN4O2/c1-4-5-12-24-21(28)17-7-6-13-26(14-17)22(29)20-15(2)25-27(16(20)3)19-10-8-18(23)9-11-19/h8-11,17H,4-7,12-14H2,1-3H3,(H,24,28). The van der Waals surface area contributed by atoms with Crippen LogP contribution in [0, 0.1) is 19.8 Å². The maximum absolute atomic E-state index is 13.3. The Morgan fingerprint density at radius 1 is 1.24 bits per heavy atom. The SMILES string of the molecule is CCCCNC(=O)C1CCCN(C(=O)c2c(C)nn(-c3ccc(Br)cc3)c2C)C1. The monoisotopic (exact) mass is 460 g/mol. The molecular formula is C22H29BrN4O2. The van der Waals surface area contributed by atoms with Crippen LogP contribution in [0.1, 0.15) is 54.4 Å². The summed E-state index contributed by atoms with van der Waals surface area (Å²) in [4.78, 5) is 27.6. The maximum atomic E-state index is 13.3. The molecule has 0 spiro atoms. The number of rotatable bonds is 6. The third-order valence-electron chi connectivity index (χ3n) is 5.49. The molecule has 2 amide bonds. The molecule has 0 radical (unpaired) electrons. The molecule has 1 aromatic heterocycles. The molecule has 3 rings (SSSR count). The van der Waals surface area contributed by atoms with Crippen molar-refractivity contribution in [3.8, 4) is 5.69 Å². The van der Waals surface area contributed by atoms with Crippen molar-refractivity contribution in [1.82, 2.24) is 20.0 Å². The van der Waals surface area contributed by atoms with Crippen LogP contribution in [0.25, 0.3) is 5.69 Å².